The van der Waals surface area contributed by atoms with E-state index in [4.69, 9.17) is 26.8 Å². The summed E-state index contributed by atoms with van der Waals surface area (Å²) in [5.74, 6) is 2.02. The molecule has 1 unspecified atom stereocenters. The van der Waals surface area contributed by atoms with Crippen molar-refractivity contribution < 1.29 is 19.0 Å². The monoisotopic (exact) mass is 317 g/mol. The number of hydrogen-bond donors (Lipinski definition) is 1. The summed E-state index contributed by atoms with van der Waals surface area (Å²) in [6, 6.07) is 3.13. The van der Waals surface area contributed by atoms with Gasteiger partial charge in [0.2, 0.25) is 0 Å². The molecule has 0 aromatic heterocycles. The van der Waals surface area contributed by atoms with E-state index in [1.165, 1.54) is 18.9 Å². The number of halogens is 1. The molecular formula is C13H16ClNO4S. The molecule has 5 nitrogen and oxygen atoms in total. The Hall–Kier alpha value is -1.11. The zero-order valence-corrected chi connectivity index (χ0v) is 12.6. The molecule has 0 saturated heterocycles. The molecule has 0 spiro atoms. The third-order valence-electron chi connectivity index (χ3n) is 2.73. The Labute approximate surface area is 126 Å². The second kappa shape index (κ2) is 7.06. The fraction of sp³-hybridized carbons (Fsp3) is 0.462. The highest BCUT2D eigenvalue weighted by molar-refractivity contribution is 7.98. The predicted octanol–water partition coefficient (Wildman–Crippen LogP) is 1.84. The standard InChI is InChI=1S/C13H16ClNO4S/c1-17-13(16)10(15)7-20-6-8-4-9(14)12-11(5-8)18-2-3-19-12/h4-5,10H,2-3,6-7,15H2,1H3. The van der Waals surface area contributed by atoms with Crippen molar-refractivity contribution in [3.8, 4) is 11.5 Å². The highest BCUT2D eigenvalue weighted by Gasteiger charge is 2.17. The summed E-state index contributed by atoms with van der Waals surface area (Å²) in [7, 11) is 1.33. The zero-order valence-electron chi connectivity index (χ0n) is 11.1. The first-order valence-electron chi connectivity index (χ1n) is 6.11. The van der Waals surface area contributed by atoms with Gasteiger partial charge in [0.1, 0.15) is 19.3 Å². The first-order chi connectivity index (χ1) is 9.61. The summed E-state index contributed by atoms with van der Waals surface area (Å²) in [6.45, 7) is 1.03. The van der Waals surface area contributed by atoms with Crippen LogP contribution in [-0.4, -0.2) is 38.1 Å². The van der Waals surface area contributed by atoms with E-state index in [1.54, 1.807) is 0 Å². The topological polar surface area (TPSA) is 70.8 Å². The average molecular weight is 318 g/mol. The van der Waals surface area contributed by atoms with Crippen LogP contribution in [0.2, 0.25) is 5.02 Å². The predicted molar refractivity (Wildman–Crippen MR) is 78.6 cm³/mol. The van der Waals surface area contributed by atoms with Crippen molar-refractivity contribution in [1.82, 2.24) is 0 Å². The van der Waals surface area contributed by atoms with E-state index in [0.29, 0.717) is 41.2 Å². The minimum atomic E-state index is -0.613. The quantitative estimate of drug-likeness (QED) is 0.836. The largest absolute Gasteiger partial charge is 0.486 e. The second-order valence-corrected chi connectivity index (χ2v) is 5.68. The number of fused-ring (bicyclic) bond motifs is 1. The van der Waals surface area contributed by atoms with Crippen LogP contribution in [0.4, 0.5) is 0 Å². The number of thioether (sulfide) groups is 1. The van der Waals surface area contributed by atoms with E-state index in [9.17, 15) is 4.79 Å². The van der Waals surface area contributed by atoms with Gasteiger partial charge in [-0.1, -0.05) is 11.6 Å². The van der Waals surface area contributed by atoms with Gasteiger partial charge in [0.25, 0.3) is 0 Å². The number of esters is 1. The van der Waals surface area contributed by atoms with Crippen molar-refractivity contribution in [2.75, 3.05) is 26.1 Å². The maximum Gasteiger partial charge on any atom is 0.323 e. The van der Waals surface area contributed by atoms with Gasteiger partial charge >= 0.3 is 5.97 Å². The van der Waals surface area contributed by atoms with Crippen LogP contribution in [0.25, 0.3) is 0 Å². The van der Waals surface area contributed by atoms with Gasteiger partial charge < -0.3 is 19.9 Å². The van der Waals surface area contributed by atoms with Crippen LogP contribution in [0.1, 0.15) is 5.56 Å². The molecule has 1 aliphatic heterocycles. The summed E-state index contributed by atoms with van der Waals surface area (Å²) in [4.78, 5) is 11.2. The summed E-state index contributed by atoms with van der Waals surface area (Å²) in [5, 5.41) is 0.537. The first-order valence-corrected chi connectivity index (χ1v) is 7.64. The number of methoxy groups -OCH3 is 1. The van der Waals surface area contributed by atoms with Crippen LogP contribution in [0.5, 0.6) is 11.5 Å². The minimum absolute atomic E-state index is 0.405. The Kier molecular flexibility index (Phi) is 5.39. The number of hydrogen-bond acceptors (Lipinski definition) is 6. The van der Waals surface area contributed by atoms with Crippen molar-refractivity contribution in [2.24, 2.45) is 5.73 Å². The van der Waals surface area contributed by atoms with Crippen molar-refractivity contribution in [2.45, 2.75) is 11.8 Å². The lowest BCUT2D eigenvalue weighted by Crippen LogP contribution is -2.33. The van der Waals surface area contributed by atoms with Gasteiger partial charge in [-0.25, -0.2) is 0 Å². The summed E-state index contributed by atoms with van der Waals surface area (Å²) >= 11 is 7.69. The minimum Gasteiger partial charge on any atom is -0.486 e. The molecule has 1 aromatic rings. The molecule has 0 saturated carbocycles. The molecule has 1 atom stereocenters. The molecule has 2 rings (SSSR count). The van der Waals surface area contributed by atoms with Gasteiger partial charge in [0, 0.05) is 11.5 Å². The highest BCUT2D eigenvalue weighted by atomic mass is 35.5. The van der Waals surface area contributed by atoms with Crippen molar-refractivity contribution >= 4 is 29.3 Å². The number of rotatable bonds is 5. The molecule has 1 aliphatic rings. The number of carbonyl (C=O) groups excluding carboxylic acids is 1. The van der Waals surface area contributed by atoms with E-state index < -0.39 is 12.0 Å². The molecule has 1 aromatic carbocycles. The number of nitrogens with two attached hydrogens (primary N) is 1. The third kappa shape index (κ3) is 3.71. The second-order valence-electron chi connectivity index (χ2n) is 4.25. The Morgan fingerprint density at radius 1 is 1.50 bits per heavy atom. The number of ether oxygens (including phenoxy) is 3. The molecule has 0 amide bonds. The molecule has 110 valence electrons. The van der Waals surface area contributed by atoms with Gasteiger partial charge in [-0.3, -0.25) is 4.79 Å². The van der Waals surface area contributed by atoms with Gasteiger partial charge in [0.15, 0.2) is 11.5 Å². The summed E-state index contributed by atoms with van der Waals surface area (Å²) < 4.78 is 15.5. The van der Waals surface area contributed by atoms with Crippen LogP contribution in [0, 0.1) is 0 Å². The van der Waals surface area contributed by atoms with E-state index in [2.05, 4.69) is 4.74 Å². The Morgan fingerprint density at radius 3 is 3.00 bits per heavy atom. The van der Waals surface area contributed by atoms with Crippen LogP contribution >= 0.6 is 23.4 Å². The molecule has 0 bridgehead atoms. The van der Waals surface area contributed by atoms with Crippen LogP contribution in [-0.2, 0) is 15.3 Å². The molecule has 2 N–H and O–H groups in total. The lowest BCUT2D eigenvalue weighted by atomic mass is 10.2. The molecule has 0 aliphatic carbocycles. The third-order valence-corrected chi connectivity index (χ3v) is 4.14. The number of benzene rings is 1. The average Bonchev–Trinajstić information content (AvgIpc) is 2.46. The lowest BCUT2D eigenvalue weighted by molar-refractivity contribution is -0.141. The SMILES string of the molecule is COC(=O)C(N)CSCc1cc(Cl)c2c(c1)OCCO2. The molecule has 20 heavy (non-hydrogen) atoms. The Morgan fingerprint density at radius 2 is 2.25 bits per heavy atom. The van der Waals surface area contributed by atoms with Crippen LogP contribution < -0.4 is 15.2 Å². The maximum absolute atomic E-state index is 11.2. The van der Waals surface area contributed by atoms with E-state index in [0.717, 1.165) is 5.56 Å². The van der Waals surface area contributed by atoms with E-state index in [-0.39, 0.29) is 0 Å². The molecule has 0 radical (unpaired) electrons. The van der Waals surface area contributed by atoms with Crippen LogP contribution in [0.3, 0.4) is 0 Å². The summed E-state index contributed by atoms with van der Waals surface area (Å²) in [5.41, 5.74) is 6.67. The first kappa shape index (κ1) is 15.3. The smallest absolute Gasteiger partial charge is 0.323 e. The zero-order chi connectivity index (χ0) is 14.5. The number of carbonyl (C=O) groups is 1. The van der Waals surface area contributed by atoms with Gasteiger partial charge in [0.05, 0.1) is 12.1 Å². The van der Waals surface area contributed by atoms with Crippen molar-refractivity contribution in [1.29, 1.82) is 0 Å². The highest BCUT2D eigenvalue weighted by Crippen LogP contribution is 2.39. The lowest BCUT2D eigenvalue weighted by Gasteiger charge is -2.20. The fourth-order valence-corrected chi connectivity index (χ4v) is 2.97. The molecule has 1 heterocycles. The maximum atomic E-state index is 11.2. The Bertz CT molecular complexity index is 498. The fourth-order valence-electron chi connectivity index (χ4n) is 1.77. The van der Waals surface area contributed by atoms with Crippen molar-refractivity contribution in [3.05, 3.63) is 22.7 Å². The van der Waals surface area contributed by atoms with Gasteiger partial charge in [-0.15, -0.1) is 0 Å². The van der Waals surface area contributed by atoms with Crippen LogP contribution in [0.15, 0.2) is 12.1 Å². The summed E-state index contributed by atoms with van der Waals surface area (Å²) in [6.07, 6.45) is 0. The Balaban J connectivity index is 1.93. The molecule has 7 heteroatoms. The van der Waals surface area contributed by atoms with E-state index in [1.807, 2.05) is 12.1 Å². The van der Waals surface area contributed by atoms with Crippen molar-refractivity contribution in [3.63, 3.8) is 0 Å². The molecular weight excluding hydrogens is 302 g/mol. The molecule has 0 fully saturated rings. The van der Waals surface area contributed by atoms with Gasteiger partial charge in [-0.05, 0) is 17.7 Å². The van der Waals surface area contributed by atoms with E-state index >= 15 is 0 Å². The normalized spacial score (nSPS) is 14.8. The van der Waals surface area contributed by atoms with Gasteiger partial charge in [-0.2, -0.15) is 11.8 Å².